The van der Waals surface area contributed by atoms with E-state index in [1.807, 2.05) is 0 Å². The Balaban J connectivity index is 1.61. The molecule has 0 N–H and O–H groups in total. The highest BCUT2D eigenvalue weighted by Crippen LogP contribution is 2.68. The Hall–Kier alpha value is 0. The fourth-order valence-corrected chi connectivity index (χ4v) is 8.30. The molecule has 0 spiro atoms. The van der Waals surface area contributed by atoms with Crippen LogP contribution in [0.4, 0.5) is 0 Å². The average molecular weight is 272 g/mol. The zero-order valence-electron chi connectivity index (χ0n) is 13.5. The van der Waals surface area contributed by atoms with Crippen molar-refractivity contribution in [1.29, 1.82) is 0 Å². The molecule has 0 aliphatic heterocycles. The fraction of sp³-hybridized carbons (Fsp3) is 1.00. The Bertz CT molecular complexity index is 412. The van der Waals surface area contributed by atoms with E-state index in [9.17, 15) is 0 Å². The van der Waals surface area contributed by atoms with Crippen LogP contribution in [0.3, 0.4) is 0 Å². The van der Waals surface area contributed by atoms with E-state index in [1.54, 1.807) is 57.8 Å². The van der Waals surface area contributed by atoms with Crippen LogP contribution in [0.15, 0.2) is 0 Å². The molecule has 7 aliphatic carbocycles. The summed E-state index contributed by atoms with van der Waals surface area (Å²) >= 11 is 0. The molecule has 0 heteroatoms. The van der Waals surface area contributed by atoms with Crippen molar-refractivity contribution in [3.63, 3.8) is 0 Å². The van der Waals surface area contributed by atoms with Gasteiger partial charge in [0, 0.05) is 0 Å². The molecule has 112 valence electrons. The molecule has 0 amide bonds. The normalized spacial score (nSPS) is 63.9. The Morgan fingerprint density at radius 2 is 1.35 bits per heavy atom. The van der Waals surface area contributed by atoms with E-state index in [1.165, 1.54) is 0 Å². The summed E-state index contributed by atoms with van der Waals surface area (Å²) in [4.78, 5) is 0. The zero-order valence-corrected chi connectivity index (χ0v) is 13.5. The van der Waals surface area contributed by atoms with E-state index in [2.05, 4.69) is 13.8 Å². The van der Waals surface area contributed by atoms with Gasteiger partial charge in [0.2, 0.25) is 0 Å². The topological polar surface area (TPSA) is 0 Å². The van der Waals surface area contributed by atoms with Crippen molar-refractivity contribution in [3.05, 3.63) is 0 Å². The first kappa shape index (κ1) is 12.5. The third-order valence-electron chi connectivity index (χ3n) is 9.39. The van der Waals surface area contributed by atoms with Crippen LogP contribution in [0, 0.1) is 52.8 Å². The number of fused-ring (bicyclic) bond motifs is 3. The number of rotatable bonds is 0. The first-order chi connectivity index (χ1) is 9.68. The lowest BCUT2D eigenvalue weighted by molar-refractivity contribution is -0.162. The molecule has 0 saturated heterocycles. The monoisotopic (exact) mass is 272 g/mol. The highest BCUT2D eigenvalue weighted by atomic mass is 14.6. The zero-order chi connectivity index (χ0) is 13.5. The molecule has 0 aromatic carbocycles. The van der Waals surface area contributed by atoms with Crippen molar-refractivity contribution >= 4 is 0 Å². The first-order valence-electron chi connectivity index (χ1n) is 9.68. The molecule has 6 bridgehead atoms. The molecule has 7 aliphatic rings. The van der Waals surface area contributed by atoms with Crippen LogP contribution in [0.2, 0.25) is 0 Å². The standard InChI is InChI=1S/C20H32/c1-12-11-13-3-4-18-17-9-10-20(13,2)19(18)8-7-16(17)15-6-5-14(12)15/h12-19H,3-11H2,1-2H3. The maximum Gasteiger partial charge on any atom is -0.0266 e. The molecule has 0 radical (unpaired) electrons. The summed E-state index contributed by atoms with van der Waals surface area (Å²) in [5, 5.41) is 0. The Labute approximate surface area is 125 Å². The van der Waals surface area contributed by atoms with Crippen molar-refractivity contribution in [2.45, 2.75) is 71.6 Å². The van der Waals surface area contributed by atoms with Crippen LogP contribution in [-0.2, 0) is 0 Å². The SMILES string of the molecule is CC1CC2CCC3C4CCC2(C)C3CCC4C2CCC12. The van der Waals surface area contributed by atoms with E-state index in [-0.39, 0.29) is 0 Å². The predicted molar refractivity (Wildman–Crippen MR) is 83.3 cm³/mol. The second-order valence-corrected chi connectivity index (χ2v) is 9.61. The van der Waals surface area contributed by atoms with Crippen LogP contribution >= 0.6 is 0 Å². The van der Waals surface area contributed by atoms with Gasteiger partial charge in [0.25, 0.3) is 0 Å². The summed E-state index contributed by atoms with van der Waals surface area (Å²) in [6.45, 7) is 5.34. The summed E-state index contributed by atoms with van der Waals surface area (Å²) in [5.74, 6) is 8.97. The maximum atomic E-state index is 2.72. The molecule has 7 saturated carbocycles. The van der Waals surface area contributed by atoms with Crippen molar-refractivity contribution in [1.82, 2.24) is 0 Å². The number of hydrogen-bond acceptors (Lipinski definition) is 0. The lowest BCUT2D eigenvalue weighted by Gasteiger charge is -2.65. The molecule has 0 nitrogen and oxygen atoms in total. The second kappa shape index (κ2) is 4.05. The Morgan fingerprint density at radius 3 is 2.15 bits per heavy atom. The van der Waals surface area contributed by atoms with E-state index < -0.39 is 0 Å². The summed E-state index contributed by atoms with van der Waals surface area (Å²) < 4.78 is 0. The van der Waals surface area contributed by atoms with Crippen LogP contribution in [0.5, 0.6) is 0 Å². The van der Waals surface area contributed by atoms with Gasteiger partial charge in [0.15, 0.2) is 0 Å². The van der Waals surface area contributed by atoms with Gasteiger partial charge in [-0.1, -0.05) is 13.8 Å². The molecule has 9 atom stereocenters. The van der Waals surface area contributed by atoms with Gasteiger partial charge >= 0.3 is 0 Å². The summed E-state index contributed by atoms with van der Waals surface area (Å²) in [6.07, 6.45) is 14.4. The fourth-order valence-electron chi connectivity index (χ4n) is 8.30. The summed E-state index contributed by atoms with van der Waals surface area (Å²) in [6, 6.07) is 0. The van der Waals surface area contributed by atoms with Crippen molar-refractivity contribution in [2.24, 2.45) is 52.8 Å². The third-order valence-corrected chi connectivity index (χ3v) is 9.39. The van der Waals surface area contributed by atoms with E-state index >= 15 is 0 Å². The van der Waals surface area contributed by atoms with Gasteiger partial charge in [-0.3, -0.25) is 0 Å². The Morgan fingerprint density at radius 1 is 0.700 bits per heavy atom. The van der Waals surface area contributed by atoms with Crippen molar-refractivity contribution in [3.8, 4) is 0 Å². The maximum absolute atomic E-state index is 2.72. The van der Waals surface area contributed by atoms with Gasteiger partial charge in [-0.2, -0.15) is 0 Å². The second-order valence-electron chi connectivity index (χ2n) is 9.61. The minimum atomic E-state index is 0.745. The van der Waals surface area contributed by atoms with E-state index in [0.717, 1.165) is 52.8 Å². The largest absolute Gasteiger partial charge is 0.0622 e. The van der Waals surface area contributed by atoms with Gasteiger partial charge in [0.1, 0.15) is 0 Å². The first-order valence-corrected chi connectivity index (χ1v) is 9.68. The van der Waals surface area contributed by atoms with Gasteiger partial charge in [-0.25, -0.2) is 0 Å². The lowest BCUT2D eigenvalue weighted by Crippen LogP contribution is -2.57. The molecular formula is C20H32. The average Bonchev–Trinajstić information content (AvgIpc) is 2.37. The molecule has 7 rings (SSSR count). The van der Waals surface area contributed by atoms with Crippen LogP contribution < -0.4 is 0 Å². The quantitative estimate of drug-likeness (QED) is 0.544. The van der Waals surface area contributed by atoms with Crippen LogP contribution in [0.1, 0.15) is 71.6 Å². The third kappa shape index (κ3) is 1.40. The molecule has 20 heavy (non-hydrogen) atoms. The van der Waals surface area contributed by atoms with Gasteiger partial charge in [-0.05, 0) is 111 Å². The van der Waals surface area contributed by atoms with Gasteiger partial charge in [0.05, 0.1) is 0 Å². The molecule has 0 heterocycles. The number of hydrogen-bond donors (Lipinski definition) is 0. The van der Waals surface area contributed by atoms with Gasteiger partial charge < -0.3 is 0 Å². The smallest absolute Gasteiger partial charge is 0.0266 e. The van der Waals surface area contributed by atoms with Crippen molar-refractivity contribution in [2.75, 3.05) is 0 Å². The van der Waals surface area contributed by atoms with Crippen LogP contribution in [-0.4, -0.2) is 0 Å². The Kier molecular flexibility index (Phi) is 2.54. The van der Waals surface area contributed by atoms with E-state index in [4.69, 9.17) is 0 Å². The summed E-state index contributed by atoms with van der Waals surface area (Å²) in [7, 11) is 0. The molecule has 0 aromatic rings. The molecular weight excluding hydrogens is 240 g/mol. The van der Waals surface area contributed by atoms with Gasteiger partial charge in [-0.15, -0.1) is 0 Å². The minimum absolute atomic E-state index is 0.745. The highest BCUT2D eigenvalue weighted by molar-refractivity contribution is 5.09. The van der Waals surface area contributed by atoms with Crippen LogP contribution in [0.25, 0.3) is 0 Å². The molecule has 7 fully saturated rings. The van der Waals surface area contributed by atoms with E-state index in [0.29, 0.717) is 0 Å². The lowest BCUT2D eigenvalue weighted by atomic mass is 9.40. The minimum Gasteiger partial charge on any atom is -0.0622 e. The predicted octanol–water partition coefficient (Wildman–Crippen LogP) is 5.52. The molecule has 0 aromatic heterocycles. The molecule has 9 unspecified atom stereocenters. The van der Waals surface area contributed by atoms with Crippen molar-refractivity contribution < 1.29 is 0 Å². The highest BCUT2D eigenvalue weighted by Gasteiger charge is 2.59. The summed E-state index contributed by atoms with van der Waals surface area (Å²) in [5.41, 5.74) is 0.745.